The maximum Gasteiger partial charge on any atom is 0.273 e. The molecule has 148 valence electrons. The van der Waals surface area contributed by atoms with E-state index in [0.717, 1.165) is 5.56 Å². The van der Waals surface area contributed by atoms with E-state index in [0.29, 0.717) is 11.3 Å². The average molecular weight is 393 g/mol. The van der Waals surface area contributed by atoms with Gasteiger partial charge in [-0.2, -0.15) is 0 Å². The molecule has 0 saturated heterocycles. The number of benzene rings is 3. The van der Waals surface area contributed by atoms with E-state index in [9.17, 15) is 19.3 Å². The molecule has 1 unspecified atom stereocenters. The highest BCUT2D eigenvalue weighted by Gasteiger charge is 2.27. The number of para-hydroxylation sites is 1. The van der Waals surface area contributed by atoms with Crippen LogP contribution in [-0.2, 0) is 11.3 Å². The average Bonchev–Trinajstić information content (AvgIpc) is 2.71. The first-order valence-corrected chi connectivity index (χ1v) is 8.99. The van der Waals surface area contributed by atoms with E-state index in [4.69, 9.17) is 0 Å². The van der Waals surface area contributed by atoms with Gasteiger partial charge in [0.1, 0.15) is 11.9 Å². The first-order chi connectivity index (χ1) is 14.0. The summed E-state index contributed by atoms with van der Waals surface area (Å²) in [4.78, 5) is 25.7. The minimum absolute atomic E-state index is 0.00473. The Bertz CT molecular complexity index is 994. The third-order valence-electron chi connectivity index (χ3n) is 4.52. The topological polar surface area (TPSA) is 75.5 Å². The lowest BCUT2D eigenvalue weighted by molar-refractivity contribution is -0.385. The Morgan fingerprint density at radius 3 is 2.31 bits per heavy atom. The summed E-state index contributed by atoms with van der Waals surface area (Å²) < 4.78 is 13.1. The molecule has 0 fully saturated rings. The number of likely N-dealkylation sites (N-methyl/N-ethyl adjacent to an activating group) is 1. The van der Waals surface area contributed by atoms with Gasteiger partial charge in [0.25, 0.3) is 5.69 Å². The number of rotatable bonds is 7. The number of hydrogen-bond donors (Lipinski definition) is 1. The molecule has 0 aliphatic rings. The summed E-state index contributed by atoms with van der Waals surface area (Å²) in [6, 6.07) is 20.4. The SMILES string of the molecule is CN(Cc1ccccc1[N+](=O)[O-])C(C(=O)Nc1ccc(F)cc1)c1ccccc1. The van der Waals surface area contributed by atoms with Crippen LogP contribution in [0.15, 0.2) is 78.9 Å². The number of hydrogen-bond acceptors (Lipinski definition) is 4. The van der Waals surface area contributed by atoms with Crippen LogP contribution in [0, 0.1) is 15.9 Å². The summed E-state index contributed by atoms with van der Waals surface area (Å²) in [6.45, 7) is 0.202. The van der Waals surface area contributed by atoms with Crippen LogP contribution in [0.5, 0.6) is 0 Å². The molecule has 1 amide bonds. The number of carbonyl (C=O) groups excluding carboxylic acids is 1. The Labute approximate surface area is 167 Å². The number of amides is 1. The van der Waals surface area contributed by atoms with Gasteiger partial charge in [-0.1, -0.05) is 48.5 Å². The second-order valence-electron chi connectivity index (χ2n) is 6.61. The molecule has 0 bridgehead atoms. The van der Waals surface area contributed by atoms with E-state index in [2.05, 4.69) is 5.32 Å². The van der Waals surface area contributed by atoms with Crippen LogP contribution in [0.3, 0.4) is 0 Å². The van der Waals surface area contributed by atoms with Crippen molar-refractivity contribution in [1.82, 2.24) is 4.90 Å². The molecule has 0 aromatic heterocycles. The minimum atomic E-state index is -0.693. The number of halogens is 1. The Morgan fingerprint density at radius 2 is 1.66 bits per heavy atom. The fraction of sp³-hybridized carbons (Fsp3) is 0.136. The Kier molecular flexibility index (Phi) is 6.31. The lowest BCUT2D eigenvalue weighted by Gasteiger charge is -2.27. The molecule has 0 aliphatic carbocycles. The highest BCUT2D eigenvalue weighted by atomic mass is 19.1. The van der Waals surface area contributed by atoms with E-state index < -0.39 is 16.8 Å². The van der Waals surface area contributed by atoms with Gasteiger partial charge >= 0.3 is 0 Å². The Morgan fingerprint density at radius 1 is 1.03 bits per heavy atom. The maximum absolute atomic E-state index is 13.1. The molecule has 1 N–H and O–H groups in total. The van der Waals surface area contributed by atoms with Gasteiger partial charge in [-0.05, 0) is 36.9 Å². The fourth-order valence-electron chi connectivity index (χ4n) is 3.17. The van der Waals surface area contributed by atoms with Crippen molar-refractivity contribution < 1.29 is 14.1 Å². The monoisotopic (exact) mass is 393 g/mol. The van der Waals surface area contributed by atoms with Crippen LogP contribution in [0.2, 0.25) is 0 Å². The van der Waals surface area contributed by atoms with Crippen LogP contribution in [0.1, 0.15) is 17.2 Å². The zero-order valence-corrected chi connectivity index (χ0v) is 15.8. The first kappa shape index (κ1) is 20.2. The Balaban J connectivity index is 1.88. The highest BCUT2D eigenvalue weighted by molar-refractivity contribution is 5.95. The molecule has 3 rings (SSSR count). The van der Waals surface area contributed by atoms with Gasteiger partial charge in [-0.3, -0.25) is 19.8 Å². The smallest absolute Gasteiger partial charge is 0.273 e. The summed E-state index contributed by atoms with van der Waals surface area (Å²) >= 11 is 0. The van der Waals surface area contributed by atoms with Crippen molar-refractivity contribution >= 4 is 17.3 Å². The van der Waals surface area contributed by atoms with Gasteiger partial charge in [0.15, 0.2) is 0 Å². The third kappa shape index (κ3) is 5.03. The van der Waals surface area contributed by atoms with Crippen LogP contribution >= 0.6 is 0 Å². The molecular formula is C22H20FN3O3. The predicted octanol–water partition coefficient (Wildman–Crippen LogP) is 4.55. The predicted molar refractivity (Wildman–Crippen MR) is 109 cm³/mol. The van der Waals surface area contributed by atoms with Crippen molar-refractivity contribution in [3.05, 3.63) is 106 Å². The van der Waals surface area contributed by atoms with Gasteiger partial charge < -0.3 is 5.32 Å². The molecule has 0 radical (unpaired) electrons. The quantitative estimate of drug-likeness (QED) is 0.472. The van der Waals surface area contributed by atoms with E-state index in [-0.39, 0.29) is 18.1 Å². The molecule has 3 aromatic carbocycles. The summed E-state index contributed by atoms with van der Waals surface area (Å²) in [5.74, 6) is -0.708. The van der Waals surface area contributed by atoms with Crippen molar-refractivity contribution in [3.8, 4) is 0 Å². The number of nitro benzene ring substituents is 1. The summed E-state index contributed by atoms with van der Waals surface area (Å²) in [6.07, 6.45) is 0. The highest BCUT2D eigenvalue weighted by Crippen LogP contribution is 2.26. The van der Waals surface area contributed by atoms with Crippen molar-refractivity contribution in [1.29, 1.82) is 0 Å². The van der Waals surface area contributed by atoms with Gasteiger partial charge in [0.05, 0.1) is 4.92 Å². The van der Waals surface area contributed by atoms with Gasteiger partial charge in [0, 0.05) is 23.9 Å². The number of anilines is 1. The molecule has 6 nitrogen and oxygen atoms in total. The molecule has 1 atom stereocenters. The molecule has 3 aromatic rings. The van der Waals surface area contributed by atoms with E-state index in [1.165, 1.54) is 30.3 Å². The molecule has 29 heavy (non-hydrogen) atoms. The summed E-state index contributed by atoms with van der Waals surface area (Å²) in [7, 11) is 1.73. The fourth-order valence-corrected chi connectivity index (χ4v) is 3.17. The molecule has 0 spiro atoms. The van der Waals surface area contributed by atoms with Crippen molar-refractivity contribution in [2.45, 2.75) is 12.6 Å². The van der Waals surface area contributed by atoms with Gasteiger partial charge in [-0.25, -0.2) is 4.39 Å². The van der Waals surface area contributed by atoms with E-state index in [1.807, 2.05) is 30.3 Å². The van der Waals surface area contributed by atoms with Crippen LogP contribution in [-0.4, -0.2) is 22.8 Å². The molecule has 0 heterocycles. The number of nitro groups is 1. The maximum atomic E-state index is 13.1. The minimum Gasteiger partial charge on any atom is -0.324 e. The van der Waals surface area contributed by atoms with Crippen molar-refractivity contribution in [2.75, 3.05) is 12.4 Å². The molecular weight excluding hydrogens is 373 g/mol. The van der Waals surface area contributed by atoms with Crippen LogP contribution in [0.4, 0.5) is 15.8 Å². The molecule has 0 aliphatic heterocycles. The Hall–Kier alpha value is -3.58. The number of carbonyl (C=O) groups is 1. The van der Waals surface area contributed by atoms with Crippen molar-refractivity contribution in [3.63, 3.8) is 0 Å². The molecule has 7 heteroatoms. The molecule has 0 saturated carbocycles. The lowest BCUT2D eigenvalue weighted by Crippen LogP contribution is -2.34. The summed E-state index contributed by atoms with van der Waals surface area (Å²) in [5, 5.41) is 14.1. The zero-order valence-electron chi connectivity index (χ0n) is 15.8. The third-order valence-corrected chi connectivity index (χ3v) is 4.52. The van der Waals surface area contributed by atoms with Gasteiger partial charge in [-0.15, -0.1) is 0 Å². The lowest BCUT2D eigenvalue weighted by atomic mass is 10.0. The standard InChI is InChI=1S/C22H20FN3O3/c1-25(15-17-9-5-6-10-20(17)26(28)29)21(16-7-3-2-4-8-16)22(27)24-19-13-11-18(23)12-14-19/h2-14,21H,15H2,1H3,(H,24,27). The second-order valence-corrected chi connectivity index (χ2v) is 6.61. The first-order valence-electron chi connectivity index (χ1n) is 8.99. The van der Waals surface area contributed by atoms with E-state index >= 15 is 0 Å². The largest absolute Gasteiger partial charge is 0.324 e. The normalized spacial score (nSPS) is 11.8. The van der Waals surface area contributed by atoms with Crippen LogP contribution < -0.4 is 5.32 Å². The summed E-state index contributed by atoms with van der Waals surface area (Å²) in [5.41, 5.74) is 1.73. The van der Waals surface area contributed by atoms with E-state index in [1.54, 1.807) is 30.1 Å². The van der Waals surface area contributed by atoms with Crippen molar-refractivity contribution in [2.24, 2.45) is 0 Å². The number of nitrogens with one attached hydrogen (secondary N) is 1. The van der Waals surface area contributed by atoms with Gasteiger partial charge in [0.2, 0.25) is 5.91 Å². The van der Waals surface area contributed by atoms with Crippen LogP contribution in [0.25, 0.3) is 0 Å². The zero-order chi connectivity index (χ0) is 20.8. The number of nitrogens with zero attached hydrogens (tertiary/aromatic N) is 2. The second kappa shape index (κ2) is 9.07.